The molecule has 0 aliphatic carbocycles. The van der Waals surface area contributed by atoms with E-state index < -0.39 is 34.2 Å². The van der Waals surface area contributed by atoms with Crippen LogP contribution in [0.15, 0.2) is 194 Å². The maximum absolute atomic E-state index is 8.40. The minimum absolute atomic E-state index is 0.444. The van der Waals surface area contributed by atoms with Gasteiger partial charge in [-0.1, -0.05) is 190 Å². The molecular formula is C48H32Cl8O4Si4. The van der Waals surface area contributed by atoms with Gasteiger partial charge in [0.1, 0.15) is 0 Å². The first-order chi connectivity index (χ1) is 30.8. The molecular weight excluding hydrogens is 1040 g/mol. The Hall–Kier alpha value is -3.21. The van der Waals surface area contributed by atoms with Gasteiger partial charge in [0.2, 0.25) is 0 Å². The van der Waals surface area contributed by atoms with Crippen LogP contribution in [0.2, 0.25) is 40.2 Å². The number of halogens is 8. The van der Waals surface area contributed by atoms with Crippen molar-refractivity contribution >= 4 is 169 Å². The quantitative estimate of drug-likeness (QED) is 0.142. The second-order valence-electron chi connectivity index (χ2n) is 15.0. The Morgan fingerprint density at radius 3 is 0.438 bits per heavy atom. The van der Waals surface area contributed by atoms with E-state index in [4.69, 9.17) is 109 Å². The van der Waals surface area contributed by atoms with Gasteiger partial charge in [0, 0.05) is 40.2 Å². The summed E-state index contributed by atoms with van der Waals surface area (Å²) in [5.74, 6) is 0. The van der Waals surface area contributed by atoms with Gasteiger partial charge in [-0.05, 0) is 139 Å². The van der Waals surface area contributed by atoms with Crippen molar-refractivity contribution in [3.8, 4) is 0 Å². The SMILES string of the molecule is Clc1cccc([Si]2(c3cccc(Cl)c3)O[Si](c3cccc(Cl)c3)(c3cccc(Cl)c3)O[Si](c3cccc(Cl)c3)(c3cccc(Cl)c3)O[Si](c3cccc(Cl)c3)(c3cccc(Cl)c3)O2)c1. The van der Waals surface area contributed by atoms with E-state index in [1.165, 1.54) is 0 Å². The molecule has 0 radical (unpaired) electrons. The van der Waals surface area contributed by atoms with Crippen LogP contribution in [-0.2, 0) is 16.5 Å². The molecule has 1 aliphatic rings. The van der Waals surface area contributed by atoms with Gasteiger partial charge >= 0.3 is 34.2 Å². The van der Waals surface area contributed by atoms with E-state index in [1.807, 2.05) is 146 Å². The highest BCUT2D eigenvalue weighted by Crippen LogP contribution is 2.35. The summed E-state index contributed by atoms with van der Waals surface area (Å²) < 4.78 is 33.6. The summed E-state index contributed by atoms with van der Waals surface area (Å²) in [5.41, 5.74) is 0. The molecule has 0 saturated carbocycles. The van der Waals surface area contributed by atoms with Gasteiger partial charge in [-0.25, -0.2) is 0 Å². The minimum Gasteiger partial charge on any atom is -0.402 e. The average Bonchev–Trinajstić information content (AvgIpc) is 3.27. The maximum Gasteiger partial charge on any atom is 0.390 e. The van der Waals surface area contributed by atoms with Crippen molar-refractivity contribution in [1.82, 2.24) is 0 Å². The van der Waals surface area contributed by atoms with Gasteiger partial charge in [-0.15, -0.1) is 0 Å². The van der Waals surface area contributed by atoms with Crippen LogP contribution >= 0.6 is 92.8 Å². The zero-order chi connectivity index (χ0) is 44.7. The molecule has 1 aliphatic heterocycles. The highest BCUT2D eigenvalue weighted by Gasteiger charge is 2.68. The van der Waals surface area contributed by atoms with E-state index in [9.17, 15) is 0 Å². The lowest BCUT2D eigenvalue weighted by Gasteiger charge is -2.53. The lowest BCUT2D eigenvalue weighted by molar-refractivity contribution is 0.268. The monoisotopic (exact) mass is 1060 g/mol. The molecule has 0 amide bonds. The van der Waals surface area contributed by atoms with E-state index in [2.05, 4.69) is 0 Å². The summed E-state index contributed by atoms with van der Waals surface area (Å²) in [6.07, 6.45) is 0. The summed E-state index contributed by atoms with van der Waals surface area (Å²) in [7, 11) is -17.7. The van der Waals surface area contributed by atoms with E-state index in [1.54, 1.807) is 48.5 Å². The molecule has 0 atom stereocenters. The molecule has 0 unspecified atom stereocenters. The van der Waals surface area contributed by atoms with E-state index in [-0.39, 0.29) is 0 Å². The standard InChI is InChI=1S/C48H32Cl8O4Si4/c49-33-9-1-17-41(25-33)61(42-18-2-10-34(50)26-42)57-62(43-19-3-11-35(51)27-43,44-20-4-12-36(52)28-44)59-64(47-23-7-15-39(55)31-47,48-24-8-16-40(56)32-48)60-63(58-61,45-21-5-13-37(53)29-45)46-22-6-14-38(54)30-46/h1-32H. The molecule has 0 N–H and O–H groups in total. The van der Waals surface area contributed by atoms with Crippen LogP contribution in [0, 0.1) is 0 Å². The predicted molar refractivity (Wildman–Crippen MR) is 276 cm³/mol. The van der Waals surface area contributed by atoms with Gasteiger partial charge < -0.3 is 16.5 Å². The molecule has 1 heterocycles. The predicted octanol–water partition coefficient (Wildman–Crippen LogP) is 10.3. The topological polar surface area (TPSA) is 36.9 Å². The number of hydrogen-bond donors (Lipinski definition) is 0. The summed E-state index contributed by atoms with van der Waals surface area (Å²) in [6.45, 7) is 0. The van der Waals surface area contributed by atoms with Crippen molar-refractivity contribution < 1.29 is 16.5 Å². The van der Waals surface area contributed by atoms with E-state index in [0.29, 0.717) is 81.7 Å². The van der Waals surface area contributed by atoms with Crippen LogP contribution < -0.4 is 41.5 Å². The van der Waals surface area contributed by atoms with Crippen LogP contribution in [0.5, 0.6) is 0 Å². The molecule has 0 spiro atoms. The third-order valence-corrected chi connectivity index (χ3v) is 30.4. The summed E-state index contributed by atoms with van der Waals surface area (Å²) in [4.78, 5) is 0. The van der Waals surface area contributed by atoms with Crippen LogP contribution in [0.25, 0.3) is 0 Å². The number of benzene rings is 8. The largest absolute Gasteiger partial charge is 0.402 e. The molecule has 8 aromatic rings. The fourth-order valence-electron chi connectivity index (χ4n) is 8.05. The first-order valence-corrected chi connectivity index (χ1v) is 30.0. The van der Waals surface area contributed by atoms with Crippen LogP contribution in [0.4, 0.5) is 0 Å². The zero-order valence-electron chi connectivity index (χ0n) is 33.1. The molecule has 1 saturated heterocycles. The maximum atomic E-state index is 8.40. The fourth-order valence-corrected chi connectivity index (χ4v) is 33.1. The van der Waals surface area contributed by atoms with Crippen molar-refractivity contribution in [2.45, 2.75) is 0 Å². The summed E-state index contributed by atoms with van der Waals surface area (Å²) >= 11 is 56.0. The fraction of sp³-hybridized carbons (Fsp3) is 0. The van der Waals surface area contributed by atoms with Gasteiger partial charge in [-0.2, -0.15) is 0 Å². The molecule has 320 valence electrons. The molecule has 9 rings (SSSR count). The summed E-state index contributed by atoms with van der Waals surface area (Å²) in [6, 6.07) is 59.8. The smallest absolute Gasteiger partial charge is 0.390 e. The van der Waals surface area contributed by atoms with Crippen molar-refractivity contribution in [3.05, 3.63) is 234 Å². The first-order valence-electron chi connectivity index (χ1n) is 19.7. The van der Waals surface area contributed by atoms with Gasteiger partial charge in [0.05, 0.1) is 0 Å². The average molecular weight is 1070 g/mol. The Morgan fingerprint density at radius 2 is 0.328 bits per heavy atom. The number of rotatable bonds is 8. The second-order valence-corrected chi connectivity index (χ2v) is 31.3. The molecule has 0 aromatic heterocycles. The highest BCUT2D eigenvalue weighted by atomic mass is 35.5. The van der Waals surface area contributed by atoms with Gasteiger partial charge in [-0.3, -0.25) is 0 Å². The highest BCUT2D eigenvalue weighted by molar-refractivity contribution is 7.16. The Kier molecular flexibility index (Phi) is 13.5. The Labute approximate surface area is 415 Å². The third kappa shape index (κ3) is 8.87. The van der Waals surface area contributed by atoms with Crippen LogP contribution in [-0.4, -0.2) is 34.2 Å². The molecule has 4 nitrogen and oxygen atoms in total. The van der Waals surface area contributed by atoms with Crippen molar-refractivity contribution in [2.24, 2.45) is 0 Å². The summed E-state index contributed by atoms with van der Waals surface area (Å²) in [5, 5.41) is 8.63. The van der Waals surface area contributed by atoms with Crippen molar-refractivity contribution in [1.29, 1.82) is 0 Å². The first kappa shape index (κ1) is 45.9. The normalized spacial score (nSPS) is 16.4. The molecule has 16 heteroatoms. The minimum atomic E-state index is -4.44. The zero-order valence-corrected chi connectivity index (χ0v) is 43.2. The van der Waals surface area contributed by atoms with Crippen molar-refractivity contribution in [2.75, 3.05) is 0 Å². The number of hydrogen-bond acceptors (Lipinski definition) is 4. The van der Waals surface area contributed by atoms with E-state index in [0.717, 1.165) is 0 Å². The second kappa shape index (κ2) is 18.8. The van der Waals surface area contributed by atoms with E-state index >= 15 is 0 Å². The lowest BCUT2D eigenvalue weighted by atomic mass is 10.4. The molecule has 1 fully saturated rings. The Bertz CT molecular complexity index is 2430. The van der Waals surface area contributed by atoms with Crippen molar-refractivity contribution in [3.63, 3.8) is 0 Å². The lowest BCUT2D eigenvalue weighted by Crippen LogP contribution is -2.88. The molecule has 8 aromatic carbocycles. The Morgan fingerprint density at radius 1 is 0.203 bits per heavy atom. The van der Waals surface area contributed by atoms with Crippen LogP contribution in [0.1, 0.15) is 0 Å². The Balaban J connectivity index is 1.56. The molecule has 0 bridgehead atoms. The molecule has 64 heavy (non-hydrogen) atoms. The van der Waals surface area contributed by atoms with Gasteiger partial charge in [0.25, 0.3) is 0 Å². The van der Waals surface area contributed by atoms with Crippen LogP contribution in [0.3, 0.4) is 0 Å². The van der Waals surface area contributed by atoms with Gasteiger partial charge in [0.15, 0.2) is 0 Å². The third-order valence-electron chi connectivity index (χ3n) is 10.8.